The first-order chi connectivity index (χ1) is 17.1. The van der Waals surface area contributed by atoms with Crippen molar-refractivity contribution in [2.75, 3.05) is 27.3 Å². The van der Waals surface area contributed by atoms with Crippen LogP contribution in [0.4, 0.5) is 0 Å². The molecule has 1 atom stereocenters. The monoisotopic (exact) mass is 474 g/mol. The van der Waals surface area contributed by atoms with Crippen LogP contribution >= 0.6 is 0 Å². The number of nitrogens with one attached hydrogen (secondary N) is 1. The third kappa shape index (κ3) is 4.78. The number of carbonyl (C=O) groups is 1. The first kappa shape index (κ1) is 23.4. The van der Waals surface area contributed by atoms with E-state index < -0.39 is 0 Å². The van der Waals surface area contributed by atoms with Crippen LogP contribution in [0.15, 0.2) is 42.5 Å². The summed E-state index contributed by atoms with van der Waals surface area (Å²) in [7, 11) is 5.28. The van der Waals surface area contributed by atoms with Gasteiger partial charge >= 0.3 is 0 Å². The molecule has 0 saturated heterocycles. The van der Waals surface area contributed by atoms with Crippen LogP contribution in [0.3, 0.4) is 0 Å². The van der Waals surface area contributed by atoms with Crippen molar-refractivity contribution in [3.63, 3.8) is 0 Å². The Labute approximate surface area is 207 Å². The van der Waals surface area contributed by atoms with Crippen molar-refractivity contribution in [3.05, 3.63) is 76.1 Å². The Balaban J connectivity index is 1.24. The lowest BCUT2D eigenvalue weighted by Gasteiger charge is -2.29. The molecule has 7 heteroatoms. The molecule has 7 nitrogen and oxygen atoms in total. The van der Waals surface area contributed by atoms with E-state index in [2.05, 4.69) is 29.6 Å². The van der Waals surface area contributed by atoms with Crippen LogP contribution in [-0.4, -0.2) is 53.9 Å². The summed E-state index contributed by atoms with van der Waals surface area (Å²) in [6, 6.07) is 14.8. The van der Waals surface area contributed by atoms with Crippen molar-refractivity contribution in [2.24, 2.45) is 7.05 Å². The van der Waals surface area contributed by atoms with Gasteiger partial charge in [0, 0.05) is 37.4 Å². The van der Waals surface area contributed by atoms with E-state index in [9.17, 15) is 4.79 Å². The Morgan fingerprint density at radius 2 is 1.89 bits per heavy atom. The number of aromatic nitrogens is 2. The fourth-order valence-electron chi connectivity index (χ4n) is 5.41. The van der Waals surface area contributed by atoms with E-state index in [0.717, 1.165) is 62.3 Å². The lowest BCUT2D eigenvalue weighted by atomic mass is 9.90. The van der Waals surface area contributed by atoms with Gasteiger partial charge in [0.15, 0.2) is 17.2 Å². The van der Waals surface area contributed by atoms with Crippen LogP contribution in [0.5, 0.6) is 11.5 Å². The molecule has 0 radical (unpaired) electrons. The van der Waals surface area contributed by atoms with Gasteiger partial charge in [-0.1, -0.05) is 30.3 Å². The highest BCUT2D eigenvalue weighted by Crippen LogP contribution is 2.29. The minimum Gasteiger partial charge on any atom is -0.493 e. The summed E-state index contributed by atoms with van der Waals surface area (Å²) in [5, 5.41) is 8.40. The first-order valence-electron chi connectivity index (χ1n) is 12.4. The number of nitrogens with zero attached hydrogens (tertiary/aromatic N) is 3. The quantitative estimate of drug-likeness (QED) is 0.569. The lowest BCUT2D eigenvalue weighted by Crippen LogP contribution is -2.38. The minimum absolute atomic E-state index is 0.0577. The molecular weight excluding hydrogens is 440 g/mol. The van der Waals surface area contributed by atoms with Gasteiger partial charge in [-0.15, -0.1) is 0 Å². The average Bonchev–Trinajstić information content (AvgIpc) is 3.23. The maximum Gasteiger partial charge on any atom is 0.274 e. The average molecular weight is 475 g/mol. The number of fused-ring (bicyclic) bond motifs is 2. The van der Waals surface area contributed by atoms with Gasteiger partial charge in [0.1, 0.15) is 0 Å². The molecule has 1 amide bonds. The number of benzene rings is 2. The largest absolute Gasteiger partial charge is 0.493 e. The van der Waals surface area contributed by atoms with Crippen molar-refractivity contribution in [1.82, 2.24) is 20.0 Å². The second-order valence-corrected chi connectivity index (χ2v) is 9.48. The molecule has 1 N–H and O–H groups in total. The predicted octanol–water partition coefficient (Wildman–Crippen LogP) is 3.33. The summed E-state index contributed by atoms with van der Waals surface area (Å²) in [5.74, 6) is 1.56. The molecule has 2 aliphatic rings. The Bertz CT molecular complexity index is 1220. The Morgan fingerprint density at radius 1 is 1.09 bits per heavy atom. The third-order valence-corrected chi connectivity index (χ3v) is 7.37. The summed E-state index contributed by atoms with van der Waals surface area (Å²) in [6.07, 6.45) is 4.61. The molecular formula is C28H34N4O3. The molecule has 1 unspecified atom stereocenters. The lowest BCUT2D eigenvalue weighted by molar-refractivity contribution is 0.0726. The van der Waals surface area contributed by atoms with Gasteiger partial charge in [0.2, 0.25) is 0 Å². The van der Waals surface area contributed by atoms with Crippen LogP contribution in [-0.2, 0) is 39.3 Å². The fraction of sp³-hybridized carbons (Fsp3) is 0.429. The molecule has 2 heterocycles. The maximum absolute atomic E-state index is 13.5. The topological polar surface area (TPSA) is 68.6 Å². The first-order valence-corrected chi connectivity index (χ1v) is 12.4. The molecule has 0 bridgehead atoms. The van der Waals surface area contributed by atoms with Crippen LogP contribution in [0.1, 0.15) is 44.9 Å². The second kappa shape index (κ2) is 10.1. The number of carbonyl (C=O) groups excluding carboxylic acids is 1. The number of ether oxygens (including phenoxy) is 2. The highest BCUT2D eigenvalue weighted by atomic mass is 16.5. The van der Waals surface area contributed by atoms with E-state index in [-0.39, 0.29) is 5.91 Å². The van der Waals surface area contributed by atoms with E-state index in [1.54, 1.807) is 14.2 Å². The highest BCUT2D eigenvalue weighted by molar-refractivity contribution is 5.94. The zero-order chi connectivity index (χ0) is 24.4. The fourth-order valence-corrected chi connectivity index (χ4v) is 5.41. The number of hydrogen-bond donors (Lipinski definition) is 1. The van der Waals surface area contributed by atoms with Gasteiger partial charge in [0.25, 0.3) is 5.91 Å². The van der Waals surface area contributed by atoms with Gasteiger partial charge in [-0.05, 0) is 67.5 Å². The molecule has 0 fully saturated rings. The van der Waals surface area contributed by atoms with Gasteiger partial charge < -0.3 is 19.7 Å². The maximum atomic E-state index is 13.5. The number of aryl methyl sites for hydroxylation is 1. The number of hydrogen-bond acceptors (Lipinski definition) is 5. The van der Waals surface area contributed by atoms with Crippen molar-refractivity contribution in [3.8, 4) is 11.5 Å². The van der Waals surface area contributed by atoms with E-state index >= 15 is 0 Å². The molecule has 35 heavy (non-hydrogen) atoms. The molecule has 0 saturated carbocycles. The SMILES string of the molecule is COc1ccc(CCNC2CCc3c(c(C(=O)N4CCc5ccccc5C4)nn3C)C2)cc1OC. The summed E-state index contributed by atoms with van der Waals surface area (Å²) < 4.78 is 12.7. The van der Waals surface area contributed by atoms with E-state index in [0.29, 0.717) is 18.3 Å². The Hall–Kier alpha value is -3.32. The molecule has 1 aliphatic carbocycles. The zero-order valence-electron chi connectivity index (χ0n) is 20.8. The van der Waals surface area contributed by atoms with E-state index in [1.807, 2.05) is 34.8 Å². The summed E-state index contributed by atoms with van der Waals surface area (Å²) >= 11 is 0. The van der Waals surface area contributed by atoms with Gasteiger partial charge in [-0.2, -0.15) is 5.10 Å². The third-order valence-electron chi connectivity index (χ3n) is 7.37. The predicted molar refractivity (Wildman–Crippen MR) is 135 cm³/mol. The smallest absolute Gasteiger partial charge is 0.274 e. The molecule has 1 aromatic heterocycles. The summed E-state index contributed by atoms with van der Waals surface area (Å²) in [5.41, 5.74) is 6.74. The number of methoxy groups -OCH3 is 2. The van der Waals surface area contributed by atoms with E-state index in [1.165, 1.54) is 22.4 Å². The number of amides is 1. The molecule has 0 spiro atoms. The summed E-state index contributed by atoms with van der Waals surface area (Å²) in [6.45, 7) is 2.27. The molecule has 1 aliphatic heterocycles. The molecule has 184 valence electrons. The minimum atomic E-state index is 0.0577. The van der Waals surface area contributed by atoms with Crippen LogP contribution in [0, 0.1) is 0 Å². The van der Waals surface area contributed by atoms with Crippen LogP contribution in [0.25, 0.3) is 0 Å². The van der Waals surface area contributed by atoms with Crippen LogP contribution in [0.2, 0.25) is 0 Å². The van der Waals surface area contributed by atoms with Gasteiger partial charge in [0.05, 0.1) is 14.2 Å². The van der Waals surface area contributed by atoms with E-state index in [4.69, 9.17) is 14.6 Å². The Kier molecular flexibility index (Phi) is 6.77. The molecule has 2 aromatic carbocycles. The molecule has 3 aromatic rings. The van der Waals surface area contributed by atoms with Gasteiger partial charge in [-0.25, -0.2) is 0 Å². The van der Waals surface area contributed by atoms with Crippen molar-refractivity contribution in [1.29, 1.82) is 0 Å². The van der Waals surface area contributed by atoms with Crippen molar-refractivity contribution in [2.45, 2.75) is 44.7 Å². The normalized spacial score (nSPS) is 17.0. The van der Waals surface area contributed by atoms with Gasteiger partial charge in [-0.3, -0.25) is 9.48 Å². The highest BCUT2D eigenvalue weighted by Gasteiger charge is 2.31. The Morgan fingerprint density at radius 3 is 2.69 bits per heavy atom. The van der Waals surface area contributed by atoms with Crippen LogP contribution < -0.4 is 14.8 Å². The molecule has 5 rings (SSSR count). The van der Waals surface area contributed by atoms with Crippen molar-refractivity contribution >= 4 is 5.91 Å². The summed E-state index contributed by atoms with van der Waals surface area (Å²) in [4.78, 5) is 15.5. The zero-order valence-corrected chi connectivity index (χ0v) is 20.8. The standard InChI is InChI=1S/C28H34N4O3/c1-31-24-10-9-22(29-14-12-19-8-11-25(34-2)26(16-19)35-3)17-23(24)27(30-31)28(33)32-15-13-20-6-4-5-7-21(20)18-32/h4-8,11,16,22,29H,9-10,12-15,17-18H2,1-3H3. The second-order valence-electron chi connectivity index (χ2n) is 9.48. The number of rotatable bonds is 7. The van der Waals surface area contributed by atoms with Crippen molar-refractivity contribution < 1.29 is 14.3 Å².